The Labute approximate surface area is 318 Å². The molecule has 0 heterocycles. The van der Waals surface area contributed by atoms with E-state index in [1.54, 1.807) is 14.2 Å². The lowest BCUT2D eigenvalue weighted by Gasteiger charge is -2.44. The molecule has 0 aliphatic carbocycles. The molecule has 0 bridgehead atoms. The highest BCUT2D eigenvalue weighted by molar-refractivity contribution is 6.74. The topological polar surface area (TPSA) is 57.2 Å². The lowest BCUT2D eigenvalue weighted by Crippen LogP contribution is -2.49. The quantitative estimate of drug-likeness (QED) is 0.100. The third-order valence-corrected chi connectivity index (χ3v) is 21.3. The highest BCUT2D eigenvalue weighted by atomic mass is 28.4. The zero-order valence-electron chi connectivity index (χ0n) is 36.8. The Balaban J connectivity index is 2.94. The molecular weight excluding hydrogens is 665 g/mol. The standard InChI is InChI=1S/C44H82O5Si2/c1-30(23-31(2)24-32(3)25-33(4)35(6)29-48-50(17,18)43(9,10)11)21-22-39(45)36(7)42(49-51(19,20)44(12,13)14)34(5)26-38-27-40(46-15)37(8)41(28-38)47-16/h23,27-28,30,32-34,36,39,42,45H,6,21-22,24-26,29H2,1-5,7-20H3/b31-23+/t30-,32+,33-,34-,36-,39+,42+/m0/s1. The van der Waals surface area contributed by atoms with Crippen LogP contribution in [0.2, 0.25) is 36.3 Å². The Kier molecular flexibility index (Phi) is 18.5. The van der Waals surface area contributed by atoms with E-state index < -0.39 is 22.7 Å². The first-order valence-corrected chi connectivity index (χ1v) is 25.5. The molecule has 1 aromatic rings. The predicted molar refractivity (Wildman–Crippen MR) is 226 cm³/mol. The molecule has 1 aromatic carbocycles. The summed E-state index contributed by atoms with van der Waals surface area (Å²) in [7, 11) is -0.464. The fraction of sp³-hybridized carbons (Fsp3) is 0.773. The van der Waals surface area contributed by atoms with Crippen molar-refractivity contribution in [1.82, 2.24) is 0 Å². The van der Waals surface area contributed by atoms with E-state index in [2.05, 4.69) is 134 Å². The number of aliphatic hydroxyl groups is 1. The molecule has 1 rings (SSSR count). The minimum Gasteiger partial charge on any atom is -0.496 e. The number of aliphatic hydroxyl groups excluding tert-OH is 1. The second kappa shape index (κ2) is 19.8. The van der Waals surface area contributed by atoms with Crippen LogP contribution in [-0.2, 0) is 15.3 Å². The molecule has 7 heteroatoms. The van der Waals surface area contributed by atoms with E-state index in [1.807, 2.05) is 6.92 Å². The van der Waals surface area contributed by atoms with Gasteiger partial charge in [-0.25, -0.2) is 0 Å². The van der Waals surface area contributed by atoms with Gasteiger partial charge in [-0.15, -0.1) is 0 Å². The number of benzene rings is 1. The lowest BCUT2D eigenvalue weighted by atomic mass is 9.83. The molecule has 0 aliphatic rings. The van der Waals surface area contributed by atoms with Crippen LogP contribution >= 0.6 is 0 Å². The summed E-state index contributed by atoms with van der Waals surface area (Å²) in [6, 6.07) is 4.25. The summed E-state index contributed by atoms with van der Waals surface area (Å²) in [5, 5.41) is 12.0. The van der Waals surface area contributed by atoms with Gasteiger partial charge < -0.3 is 23.4 Å². The molecule has 0 aliphatic heterocycles. The molecule has 296 valence electrons. The molecule has 0 amide bonds. The predicted octanol–water partition coefficient (Wildman–Crippen LogP) is 12.6. The Morgan fingerprint density at radius 1 is 0.863 bits per heavy atom. The van der Waals surface area contributed by atoms with Gasteiger partial charge in [0, 0.05) is 11.5 Å². The summed E-state index contributed by atoms with van der Waals surface area (Å²) in [5.74, 6) is 3.27. The molecule has 0 unspecified atom stereocenters. The molecule has 7 atom stereocenters. The number of allylic oxidation sites excluding steroid dienone is 2. The van der Waals surface area contributed by atoms with Gasteiger partial charge >= 0.3 is 0 Å². The van der Waals surface area contributed by atoms with Crippen molar-refractivity contribution in [1.29, 1.82) is 0 Å². The highest BCUT2D eigenvalue weighted by Gasteiger charge is 2.42. The van der Waals surface area contributed by atoms with Gasteiger partial charge in [0.2, 0.25) is 0 Å². The maximum Gasteiger partial charge on any atom is 0.192 e. The van der Waals surface area contributed by atoms with E-state index in [-0.39, 0.29) is 28.0 Å². The van der Waals surface area contributed by atoms with Crippen molar-refractivity contribution in [3.05, 3.63) is 47.1 Å². The normalized spacial score (nSPS) is 17.7. The number of hydrogen-bond acceptors (Lipinski definition) is 5. The van der Waals surface area contributed by atoms with Crippen LogP contribution in [-0.4, -0.2) is 54.8 Å². The lowest BCUT2D eigenvalue weighted by molar-refractivity contribution is -0.00358. The van der Waals surface area contributed by atoms with Crippen LogP contribution in [0, 0.1) is 36.5 Å². The largest absolute Gasteiger partial charge is 0.496 e. The van der Waals surface area contributed by atoms with Gasteiger partial charge in [0.05, 0.1) is 33.0 Å². The van der Waals surface area contributed by atoms with E-state index in [4.69, 9.17) is 18.3 Å². The molecule has 0 fully saturated rings. The van der Waals surface area contributed by atoms with Crippen molar-refractivity contribution in [3.8, 4) is 11.5 Å². The van der Waals surface area contributed by atoms with E-state index in [1.165, 1.54) is 11.1 Å². The zero-order chi connectivity index (χ0) is 39.7. The van der Waals surface area contributed by atoms with Crippen molar-refractivity contribution in [2.45, 2.75) is 171 Å². The molecule has 1 N–H and O–H groups in total. The summed E-state index contributed by atoms with van der Waals surface area (Å²) in [6.07, 6.45) is 6.63. The van der Waals surface area contributed by atoms with Crippen LogP contribution in [0.1, 0.15) is 120 Å². The molecule has 0 aromatic heterocycles. The van der Waals surface area contributed by atoms with Gasteiger partial charge in [0.1, 0.15) is 11.5 Å². The first-order chi connectivity index (χ1) is 23.2. The average Bonchev–Trinajstić information content (AvgIpc) is 3.00. The van der Waals surface area contributed by atoms with Gasteiger partial charge in [-0.3, -0.25) is 0 Å². The van der Waals surface area contributed by atoms with Gasteiger partial charge in [-0.2, -0.15) is 0 Å². The van der Waals surface area contributed by atoms with Gasteiger partial charge in [0.15, 0.2) is 16.6 Å². The zero-order valence-corrected chi connectivity index (χ0v) is 38.8. The maximum absolute atomic E-state index is 11.7. The van der Waals surface area contributed by atoms with E-state index in [0.717, 1.165) is 54.7 Å². The summed E-state index contributed by atoms with van der Waals surface area (Å²) in [4.78, 5) is 0. The number of methoxy groups -OCH3 is 2. The van der Waals surface area contributed by atoms with Gasteiger partial charge in [-0.1, -0.05) is 100.0 Å². The average molecular weight is 747 g/mol. The number of ether oxygens (including phenoxy) is 2. The molecule has 0 spiro atoms. The van der Waals surface area contributed by atoms with Crippen LogP contribution in [0.4, 0.5) is 0 Å². The first-order valence-electron chi connectivity index (χ1n) is 19.7. The summed E-state index contributed by atoms with van der Waals surface area (Å²) in [5.41, 5.74) is 4.82. The van der Waals surface area contributed by atoms with Gasteiger partial charge in [0.25, 0.3) is 0 Å². The smallest absolute Gasteiger partial charge is 0.192 e. The number of rotatable bonds is 21. The molecule has 0 saturated carbocycles. The Bertz CT molecular complexity index is 1230. The molecule has 5 nitrogen and oxygen atoms in total. The van der Waals surface area contributed by atoms with Crippen molar-refractivity contribution in [3.63, 3.8) is 0 Å². The van der Waals surface area contributed by atoms with E-state index in [0.29, 0.717) is 24.4 Å². The van der Waals surface area contributed by atoms with Crippen molar-refractivity contribution >= 4 is 16.6 Å². The van der Waals surface area contributed by atoms with Crippen LogP contribution in [0.3, 0.4) is 0 Å². The van der Waals surface area contributed by atoms with Crippen molar-refractivity contribution in [2.75, 3.05) is 20.8 Å². The monoisotopic (exact) mass is 747 g/mol. The Morgan fingerprint density at radius 2 is 1.37 bits per heavy atom. The highest BCUT2D eigenvalue weighted by Crippen LogP contribution is 2.41. The minimum atomic E-state index is -2.10. The van der Waals surface area contributed by atoms with Gasteiger partial charge in [-0.05, 0) is 124 Å². The van der Waals surface area contributed by atoms with E-state index in [9.17, 15) is 5.11 Å². The molecule has 0 radical (unpaired) electrons. The molecular formula is C44H82O5Si2. The third-order valence-electron chi connectivity index (χ3n) is 12.3. The fourth-order valence-electron chi connectivity index (χ4n) is 6.59. The summed E-state index contributed by atoms with van der Waals surface area (Å²) < 4.78 is 25.0. The molecule has 0 saturated heterocycles. The Hall–Kier alpha value is -1.39. The van der Waals surface area contributed by atoms with Crippen LogP contribution in [0.5, 0.6) is 11.5 Å². The second-order valence-corrected chi connectivity index (χ2v) is 28.9. The van der Waals surface area contributed by atoms with Crippen LogP contribution in [0.25, 0.3) is 0 Å². The third kappa shape index (κ3) is 14.8. The van der Waals surface area contributed by atoms with Crippen molar-refractivity contribution < 1.29 is 23.4 Å². The van der Waals surface area contributed by atoms with Crippen LogP contribution < -0.4 is 9.47 Å². The second-order valence-electron chi connectivity index (χ2n) is 19.3. The van der Waals surface area contributed by atoms with Crippen molar-refractivity contribution in [2.24, 2.45) is 29.6 Å². The minimum absolute atomic E-state index is 0.00382. The maximum atomic E-state index is 11.7. The fourth-order valence-corrected chi connectivity index (χ4v) is 9.05. The summed E-state index contributed by atoms with van der Waals surface area (Å²) >= 11 is 0. The SMILES string of the molecule is C=C(CO[Si](C)(C)C(C)(C)C)[C@@H](C)C[C@H](C)C/C(C)=C/[C@@H](C)CC[C@@H](O)[C@H](C)[C@H](O[Si](C)(C)C(C)(C)C)[C@@H](C)Cc1cc(OC)c(C)c(OC)c1. The van der Waals surface area contributed by atoms with E-state index >= 15 is 0 Å². The van der Waals surface area contributed by atoms with Crippen LogP contribution in [0.15, 0.2) is 35.9 Å². The summed E-state index contributed by atoms with van der Waals surface area (Å²) in [6.45, 7) is 43.8. The first kappa shape index (κ1) is 47.6. The molecule has 51 heavy (non-hydrogen) atoms. The number of hydrogen-bond donors (Lipinski definition) is 1. The Morgan fingerprint density at radius 3 is 1.84 bits per heavy atom.